The number of rotatable bonds is 10. The number of carbonyl (C=O) groups is 1. The number of nitrogens with two attached hydrogens (primary N) is 1. The lowest BCUT2D eigenvalue weighted by Gasteiger charge is -2.33. The molecule has 1 aliphatic heterocycles. The Kier molecular flexibility index (Phi) is 12.4. The van der Waals surface area contributed by atoms with Crippen LogP contribution in [-0.2, 0) is 43.1 Å². The van der Waals surface area contributed by atoms with Crippen LogP contribution in [0.15, 0.2) is 47.4 Å². The maximum absolute atomic E-state index is 12.7. The molecule has 3 rings (SSSR count). The van der Waals surface area contributed by atoms with Gasteiger partial charge in [-0.3, -0.25) is 4.79 Å². The summed E-state index contributed by atoms with van der Waals surface area (Å²) in [5.41, 5.74) is 3.58. The molecule has 0 saturated carbocycles. The number of hydrogen-bond acceptors (Lipinski definition) is 5. The Balaban J connectivity index is 0.000000298. The highest BCUT2D eigenvalue weighted by atomic mass is 32.2. The normalized spacial score (nSPS) is 16.3. The van der Waals surface area contributed by atoms with E-state index < -0.39 is 44.0 Å². The fourth-order valence-corrected chi connectivity index (χ4v) is 6.24. The van der Waals surface area contributed by atoms with Gasteiger partial charge in [-0.1, -0.05) is 38.0 Å². The molecule has 0 aromatic heterocycles. The average Bonchev–Trinajstić information content (AvgIpc) is 2.92. The zero-order valence-corrected chi connectivity index (χ0v) is 24.6. The zero-order valence-electron chi connectivity index (χ0n) is 23.8. The van der Waals surface area contributed by atoms with Gasteiger partial charge in [-0.25, -0.2) is 8.42 Å². The molecule has 13 heteroatoms. The minimum absolute atomic E-state index is 0.110. The van der Waals surface area contributed by atoms with E-state index in [1.165, 1.54) is 12.1 Å². The Morgan fingerprint density at radius 1 is 1.00 bits per heavy atom. The molecule has 2 N–H and O–H groups in total. The van der Waals surface area contributed by atoms with Crippen LogP contribution in [-0.4, -0.2) is 38.9 Å². The quantitative estimate of drug-likeness (QED) is 0.230. The van der Waals surface area contributed by atoms with E-state index in [0.717, 1.165) is 24.8 Å². The van der Waals surface area contributed by atoms with Crippen LogP contribution in [0.2, 0.25) is 0 Å². The predicted octanol–water partition coefficient (Wildman–Crippen LogP) is 6.87. The van der Waals surface area contributed by atoms with E-state index in [1.807, 2.05) is 13.8 Å². The first kappa shape index (κ1) is 35.6. The van der Waals surface area contributed by atoms with Crippen molar-refractivity contribution < 1.29 is 49.0 Å². The average molecular weight is 626 g/mol. The third-order valence-electron chi connectivity index (χ3n) is 7.19. The second-order valence-corrected chi connectivity index (χ2v) is 12.7. The van der Waals surface area contributed by atoms with E-state index in [1.54, 1.807) is 12.1 Å². The van der Waals surface area contributed by atoms with Gasteiger partial charge < -0.3 is 15.2 Å². The van der Waals surface area contributed by atoms with Crippen molar-refractivity contribution in [3.05, 3.63) is 64.7 Å². The van der Waals surface area contributed by atoms with Crippen LogP contribution >= 0.6 is 0 Å². The number of sulfone groups is 1. The topological polar surface area (TPSA) is 95.7 Å². The minimum atomic E-state index is -4.83. The molecule has 1 amide bonds. The van der Waals surface area contributed by atoms with Crippen LogP contribution in [0.4, 0.5) is 26.3 Å². The Hall–Kier alpha value is -2.64. The molecule has 236 valence electrons. The lowest BCUT2D eigenvalue weighted by Crippen LogP contribution is -2.53. The molecular formula is C29H37F6NO5S. The molecule has 0 bridgehead atoms. The van der Waals surface area contributed by atoms with Gasteiger partial charge in [-0.15, -0.1) is 0 Å². The van der Waals surface area contributed by atoms with E-state index in [0.29, 0.717) is 24.7 Å². The molecule has 0 aliphatic carbocycles. The second kappa shape index (κ2) is 14.7. The molecule has 1 aliphatic rings. The summed E-state index contributed by atoms with van der Waals surface area (Å²) in [6.07, 6.45) is -6.79. The number of halogens is 6. The van der Waals surface area contributed by atoms with E-state index >= 15 is 0 Å². The highest BCUT2D eigenvalue weighted by Crippen LogP contribution is 2.37. The first-order chi connectivity index (χ1) is 19.4. The predicted molar refractivity (Wildman–Crippen MR) is 145 cm³/mol. The third-order valence-corrected chi connectivity index (χ3v) is 9.72. The van der Waals surface area contributed by atoms with Crippen LogP contribution < -0.4 is 5.73 Å². The molecule has 2 aromatic carbocycles. The van der Waals surface area contributed by atoms with Crippen LogP contribution in [0, 0.1) is 12.8 Å². The first-order valence-corrected chi connectivity index (χ1v) is 15.0. The van der Waals surface area contributed by atoms with Gasteiger partial charge in [-0.2, -0.15) is 26.3 Å². The number of alkyl halides is 6. The zero-order chi connectivity index (χ0) is 31.8. The molecule has 1 saturated heterocycles. The van der Waals surface area contributed by atoms with Crippen LogP contribution in [0.3, 0.4) is 0 Å². The third kappa shape index (κ3) is 9.43. The summed E-state index contributed by atoms with van der Waals surface area (Å²) < 4.78 is 110. The summed E-state index contributed by atoms with van der Waals surface area (Å²) in [5.74, 6) is -0.277. The lowest BCUT2D eigenvalue weighted by molar-refractivity contribution is -0.143. The standard InChI is InChI=1S/C16H20F6O.C13H17NO4S/c1-3-11(2)5-4-6-23-10-12-7-13(15(17,18)19)9-14(8-12)16(20,21)22;1-10-2-4-11(5-3-10)19(16,17)13(12(14)15)6-8-18-9-7-13/h7-9,11H,3-6,10H2,1-2H3;2-5H,6-9H2,1H3,(H2,14,15). The highest BCUT2D eigenvalue weighted by molar-refractivity contribution is 7.93. The summed E-state index contributed by atoms with van der Waals surface area (Å²) in [6.45, 7) is 6.49. The molecule has 0 radical (unpaired) electrons. The Morgan fingerprint density at radius 3 is 1.98 bits per heavy atom. The lowest BCUT2D eigenvalue weighted by atomic mass is 9.98. The number of benzene rings is 2. The molecule has 1 heterocycles. The van der Waals surface area contributed by atoms with Gasteiger partial charge in [-0.05, 0) is 74.4 Å². The highest BCUT2D eigenvalue weighted by Gasteiger charge is 2.51. The maximum Gasteiger partial charge on any atom is 0.416 e. The van der Waals surface area contributed by atoms with E-state index in [2.05, 4.69) is 6.92 Å². The van der Waals surface area contributed by atoms with Gasteiger partial charge >= 0.3 is 12.4 Å². The number of ether oxygens (including phenoxy) is 2. The molecule has 42 heavy (non-hydrogen) atoms. The summed E-state index contributed by atoms with van der Waals surface area (Å²) in [5, 5.41) is 0. The number of aryl methyl sites for hydroxylation is 1. The molecule has 0 spiro atoms. The minimum Gasteiger partial charge on any atom is -0.381 e. The van der Waals surface area contributed by atoms with Crippen molar-refractivity contribution >= 4 is 15.7 Å². The first-order valence-electron chi connectivity index (χ1n) is 13.5. The van der Waals surface area contributed by atoms with Gasteiger partial charge in [0.2, 0.25) is 5.91 Å². The number of amides is 1. The Labute approximate surface area is 242 Å². The van der Waals surface area contributed by atoms with Crippen molar-refractivity contribution in [2.45, 2.75) is 81.5 Å². The van der Waals surface area contributed by atoms with E-state index in [-0.39, 0.29) is 49.2 Å². The van der Waals surface area contributed by atoms with Gasteiger partial charge in [0.15, 0.2) is 14.6 Å². The largest absolute Gasteiger partial charge is 0.416 e. The Morgan fingerprint density at radius 2 is 1.52 bits per heavy atom. The Bertz CT molecular complexity index is 1240. The van der Waals surface area contributed by atoms with E-state index in [4.69, 9.17) is 15.2 Å². The summed E-state index contributed by atoms with van der Waals surface area (Å²) in [6, 6.07) is 7.97. The van der Waals surface area contributed by atoms with E-state index in [9.17, 15) is 39.6 Å². The van der Waals surface area contributed by atoms with Crippen LogP contribution in [0.5, 0.6) is 0 Å². The number of carbonyl (C=O) groups excluding carboxylic acids is 1. The SMILES string of the molecule is CCC(C)CCCOCc1cc(C(F)(F)F)cc(C(F)(F)F)c1.Cc1ccc(S(=O)(=O)C2(C(N)=O)CCOCC2)cc1. The molecule has 1 unspecified atom stereocenters. The van der Waals surface area contributed by atoms with Crippen molar-refractivity contribution in [3.8, 4) is 0 Å². The van der Waals surface area contributed by atoms with Crippen molar-refractivity contribution in [1.82, 2.24) is 0 Å². The van der Waals surface area contributed by atoms with Crippen molar-refractivity contribution in [1.29, 1.82) is 0 Å². The van der Waals surface area contributed by atoms with Gasteiger partial charge in [0, 0.05) is 19.8 Å². The van der Waals surface area contributed by atoms with Gasteiger partial charge in [0.1, 0.15) is 0 Å². The molecule has 1 atom stereocenters. The van der Waals surface area contributed by atoms with Crippen LogP contribution in [0.1, 0.15) is 68.2 Å². The van der Waals surface area contributed by atoms with Crippen LogP contribution in [0.25, 0.3) is 0 Å². The molecule has 1 fully saturated rings. The molecule has 2 aromatic rings. The monoisotopic (exact) mass is 625 g/mol. The summed E-state index contributed by atoms with van der Waals surface area (Å²) in [4.78, 5) is 11.9. The number of primary amides is 1. The van der Waals surface area contributed by atoms with Gasteiger partial charge in [0.05, 0.1) is 22.6 Å². The molecular weight excluding hydrogens is 588 g/mol. The summed E-state index contributed by atoms with van der Waals surface area (Å²) >= 11 is 0. The summed E-state index contributed by atoms with van der Waals surface area (Å²) in [7, 11) is -3.79. The second-order valence-electron chi connectivity index (χ2n) is 10.4. The van der Waals surface area contributed by atoms with Crippen molar-refractivity contribution in [2.75, 3.05) is 19.8 Å². The van der Waals surface area contributed by atoms with Gasteiger partial charge in [0.25, 0.3) is 0 Å². The number of hydrogen-bond donors (Lipinski definition) is 1. The smallest absolute Gasteiger partial charge is 0.381 e. The van der Waals surface area contributed by atoms with Crippen molar-refractivity contribution in [2.24, 2.45) is 11.7 Å². The molecule has 6 nitrogen and oxygen atoms in total. The fraction of sp³-hybridized carbons (Fsp3) is 0.552. The van der Waals surface area contributed by atoms with Crippen molar-refractivity contribution in [3.63, 3.8) is 0 Å². The maximum atomic E-state index is 12.7. The fourth-order valence-electron chi connectivity index (χ4n) is 4.32.